The number of primary sulfonamides is 1. The molecule has 1 aromatic carbocycles. The molecule has 0 aliphatic carbocycles. The Hall–Kier alpha value is -1.00. The minimum absolute atomic E-state index is 0.0748. The van der Waals surface area contributed by atoms with E-state index in [1.165, 1.54) is 6.92 Å². The Morgan fingerprint density at radius 1 is 1.24 bits per heavy atom. The minimum atomic E-state index is -4.68. The molecule has 1 rings (SSSR count). The van der Waals surface area contributed by atoms with Gasteiger partial charge in [0.05, 0.1) is 4.90 Å². The van der Waals surface area contributed by atoms with Gasteiger partial charge in [0.15, 0.2) is 0 Å². The third-order valence-electron chi connectivity index (χ3n) is 2.12. The van der Waals surface area contributed by atoms with Crippen molar-refractivity contribution in [3.8, 4) is 0 Å². The Balaban J connectivity index is 3.85. The largest absolute Gasteiger partial charge is 0.295 e. The molecule has 0 unspecified atom stereocenters. The van der Waals surface area contributed by atoms with Crippen LogP contribution in [0.1, 0.15) is 11.1 Å². The molecule has 1 aromatic rings. The SMILES string of the molecule is Cc1ccc(S(N)(=O)=O)c(C[O])c1S(=O)(=O)O. The van der Waals surface area contributed by atoms with Crippen molar-refractivity contribution in [1.29, 1.82) is 0 Å². The van der Waals surface area contributed by atoms with Crippen LogP contribution in [-0.4, -0.2) is 21.4 Å². The number of rotatable bonds is 3. The van der Waals surface area contributed by atoms with Crippen LogP contribution in [0.15, 0.2) is 21.9 Å². The number of hydrogen-bond donors (Lipinski definition) is 2. The van der Waals surface area contributed by atoms with Gasteiger partial charge in [0.25, 0.3) is 10.1 Å². The van der Waals surface area contributed by atoms with Gasteiger partial charge in [-0.05, 0) is 18.6 Å². The molecule has 0 aliphatic rings. The molecular formula is C8H10NO6S2. The van der Waals surface area contributed by atoms with Crippen molar-refractivity contribution in [2.75, 3.05) is 0 Å². The lowest BCUT2D eigenvalue weighted by atomic mass is 10.1. The zero-order valence-electron chi connectivity index (χ0n) is 8.74. The molecular weight excluding hydrogens is 270 g/mol. The number of hydrogen-bond acceptors (Lipinski definition) is 4. The summed E-state index contributed by atoms with van der Waals surface area (Å²) in [5, 5.41) is 15.8. The van der Waals surface area contributed by atoms with E-state index >= 15 is 0 Å². The summed E-state index contributed by atoms with van der Waals surface area (Å²) < 4.78 is 53.5. The van der Waals surface area contributed by atoms with Gasteiger partial charge in [-0.3, -0.25) is 4.55 Å². The fourth-order valence-corrected chi connectivity index (χ4v) is 3.27. The predicted octanol–water partition coefficient (Wildman–Crippen LogP) is -0.180. The van der Waals surface area contributed by atoms with E-state index < -0.39 is 42.1 Å². The Labute approximate surface area is 98.7 Å². The second-order valence-electron chi connectivity index (χ2n) is 3.35. The topological polar surface area (TPSA) is 134 Å². The van der Waals surface area contributed by atoms with Crippen molar-refractivity contribution >= 4 is 20.1 Å². The smallest absolute Gasteiger partial charge is 0.282 e. The Morgan fingerprint density at radius 2 is 1.76 bits per heavy atom. The fraction of sp³-hybridized carbons (Fsp3) is 0.250. The highest BCUT2D eigenvalue weighted by atomic mass is 32.2. The lowest BCUT2D eigenvalue weighted by Gasteiger charge is -2.11. The maximum atomic E-state index is 11.2. The first-order chi connectivity index (χ1) is 7.59. The van der Waals surface area contributed by atoms with Gasteiger partial charge in [-0.25, -0.2) is 18.7 Å². The summed E-state index contributed by atoms with van der Waals surface area (Å²) in [5.74, 6) is 0. The van der Waals surface area contributed by atoms with E-state index in [2.05, 4.69) is 0 Å². The van der Waals surface area contributed by atoms with Crippen LogP contribution < -0.4 is 5.14 Å². The average molecular weight is 280 g/mol. The Bertz CT molecular complexity index is 647. The maximum Gasteiger partial charge on any atom is 0.295 e. The van der Waals surface area contributed by atoms with Gasteiger partial charge in [-0.1, -0.05) is 6.07 Å². The summed E-state index contributed by atoms with van der Waals surface area (Å²) in [6.07, 6.45) is 0. The number of benzene rings is 1. The van der Waals surface area contributed by atoms with Crippen LogP contribution in [0, 0.1) is 6.92 Å². The number of nitrogens with two attached hydrogens (primary N) is 1. The van der Waals surface area contributed by atoms with E-state index in [-0.39, 0.29) is 5.56 Å². The van der Waals surface area contributed by atoms with Gasteiger partial charge < -0.3 is 0 Å². The molecule has 95 valence electrons. The van der Waals surface area contributed by atoms with E-state index in [0.29, 0.717) is 0 Å². The van der Waals surface area contributed by atoms with Crippen molar-refractivity contribution < 1.29 is 26.5 Å². The zero-order chi connectivity index (χ0) is 13.4. The number of aryl methyl sites for hydroxylation is 1. The van der Waals surface area contributed by atoms with Crippen molar-refractivity contribution in [2.45, 2.75) is 23.3 Å². The molecule has 0 heterocycles. The lowest BCUT2D eigenvalue weighted by Crippen LogP contribution is -2.17. The van der Waals surface area contributed by atoms with Gasteiger partial charge in [0.2, 0.25) is 10.0 Å². The quantitative estimate of drug-likeness (QED) is 0.740. The molecule has 0 bridgehead atoms. The molecule has 0 fully saturated rings. The summed E-state index contributed by atoms with van der Waals surface area (Å²) in [4.78, 5) is -1.29. The normalized spacial score (nSPS) is 12.7. The van der Waals surface area contributed by atoms with Crippen molar-refractivity contribution in [3.63, 3.8) is 0 Å². The highest BCUT2D eigenvalue weighted by Crippen LogP contribution is 2.26. The Morgan fingerprint density at radius 3 is 2.12 bits per heavy atom. The van der Waals surface area contributed by atoms with E-state index in [1.54, 1.807) is 0 Å². The molecule has 0 spiro atoms. The van der Waals surface area contributed by atoms with Crippen LogP contribution in [0.2, 0.25) is 0 Å². The second-order valence-corrected chi connectivity index (χ2v) is 6.24. The molecule has 0 saturated carbocycles. The maximum absolute atomic E-state index is 11.2. The molecule has 9 heteroatoms. The van der Waals surface area contributed by atoms with Gasteiger partial charge in [0, 0.05) is 5.56 Å². The summed E-state index contributed by atoms with van der Waals surface area (Å²) >= 11 is 0. The molecule has 1 radical (unpaired) electrons. The zero-order valence-corrected chi connectivity index (χ0v) is 10.4. The fourth-order valence-electron chi connectivity index (χ4n) is 1.49. The first-order valence-electron chi connectivity index (χ1n) is 4.30. The van der Waals surface area contributed by atoms with Gasteiger partial charge in [0.1, 0.15) is 11.5 Å². The van der Waals surface area contributed by atoms with Gasteiger partial charge >= 0.3 is 0 Å². The first-order valence-corrected chi connectivity index (χ1v) is 7.28. The van der Waals surface area contributed by atoms with Crippen LogP contribution >= 0.6 is 0 Å². The molecule has 7 nitrogen and oxygen atoms in total. The molecule has 0 aromatic heterocycles. The predicted molar refractivity (Wildman–Crippen MR) is 56.8 cm³/mol. The molecule has 0 aliphatic heterocycles. The van der Waals surface area contributed by atoms with Gasteiger partial charge in [-0.2, -0.15) is 8.42 Å². The minimum Gasteiger partial charge on any atom is -0.282 e. The lowest BCUT2D eigenvalue weighted by molar-refractivity contribution is 0.172. The van der Waals surface area contributed by atoms with Gasteiger partial charge in [-0.15, -0.1) is 0 Å². The summed E-state index contributed by atoms with van der Waals surface area (Å²) in [6, 6.07) is 2.19. The Kier molecular flexibility index (Phi) is 3.60. The van der Waals surface area contributed by atoms with E-state index in [1.807, 2.05) is 0 Å². The molecule has 17 heavy (non-hydrogen) atoms. The summed E-state index contributed by atoms with van der Waals surface area (Å²) in [5.41, 5.74) is -0.472. The van der Waals surface area contributed by atoms with E-state index in [0.717, 1.165) is 12.1 Å². The monoisotopic (exact) mass is 280 g/mol. The van der Waals surface area contributed by atoms with Crippen molar-refractivity contribution in [2.24, 2.45) is 5.14 Å². The van der Waals surface area contributed by atoms with Crippen LogP contribution in [0.25, 0.3) is 0 Å². The van der Waals surface area contributed by atoms with Crippen LogP contribution in [-0.2, 0) is 31.9 Å². The van der Waals surface area contributed by atoms with Crippen LogP contribution in [0.4, 0.5) is 0 Å². The molecule has 0 saturated heterocycles. The summed E-state index contributed by atoms with van der Waals surface area (Å²) in [6.45, 7) is 0.206. The molecule has 0 atom stereocenters. The van der Waals surface area contributed by atoms with E-state index in [4.69, 9.17) is 9.69 Å². The average Bonchev–Trinajstić information content (AvgIpc) is 2.12. The highest BCUT2D eigenvalue weighted by Gasteiger charge is 2.25. The van der Waals surface area contributed by atoms with Crippen molar-refractivity contribution in [3.05, 3.63) is 23.3 Å². The third kappa shape index (κ3) is 2.82. The first kappa shape index (κ1) is 14.1. The molecule has 0 amide bonds. The van der Waals surface area contributed by atoms with Crippen molar-refractivity contribution in [1.82, 2.24) is 0 Å². The van der Waals surface area contributed by atoms with Crippen LogP contribution in [0.3, 0.4) is 0 Å². The standard InChI is InChI=1S/C8H10NO6S2/c1-5-2-3-7(16(9,11)12)6(4-10)8(5)17(13,14)15/h2-3H,4H2,1H3,(H2,9,11,12)(H,13,14,15). The van der Waals surface area contributed by atoms with Crippen LogP contribution in [0.5, 0.6) is 0 Å². The third-order valence-corrected chi connectivity index (χ3v) is 4.20. The van der Waals surface area contributed by atoms with E-state index in [9.17, 15) is 21.9 Å². The highest BCUT2D eigenvalue weighted by molar-refractivity contribution is 7.89. The summed E-state index contributed by atoms with van der Waals surface area (Å²) in [7, 11) is -8.90. The molecule has 3 N–H and O–H groups in total. The second kappa shape index (κ2) is 4.35. The number of sulfonamides is 1.